The molecule has 0 unspecified atom stereocenters. The van der Waals surface area contributed by atoms with Crippen LogP contribution in [0.1, 0.15) is 5.56 Å². The topological polar surface area (TPSA) is 29.5 Å². The van der Waals surface area contributed by atoms with Crippen molar-refractivity contribution in [2.75, 3.05) is 12.4 Å². The standard InChI is InChI=1S/C15H15ClO2S/c16-14-3-1-2-4-15(14)18-9-10-19-13-7-5-12(11-17)6-8-13/h1-8,17H,9-11H2. The van der Waals surface area contributed by atoms with Gasteiger partial charge in [-0.2, -0.15) is 0 Å². The van der Waals surface area contributed by atoms with Gasteiger partial charge in [-0.25, -0.2) is 0 Å². The average molecular weight is 295 g/mol. The molecule has 2 aromatic rings. The van der Waals surface area contributed by atoms with Crippen LogP contribution in [0, 0.1) is 0 Å². The van der Waals surface area contributed by atoms with Crippen molar-refractivity contribution in [3.05, 3.63) is 59.1 Å². The first-order chi connectivity index (χ1) is 9.29. The predicted molar refractivity (Wildman–Crippen MR) is 80.0 cm³/mol. The number of thioether (sulfide) groups is 1. The molecule has 100 valence electrons. The van der Waals surface area contributed by atoms with Gasteiger partial charge in [0.2, 0.25) is 0 Å². The molecule has 0 spiro atoms. The van der Waals surface area contributed by atoms with E-state index >= 15 is 0 Å². The van der Waals surface area contributed by atoms with Crippen molar-refractivity contribution in [2.45, 2.75) is 11.5 Å². The summed E-state index contributed by atoms with van der Waals surface area (Å²) in [5.74, 6) is 1.57. The normalized spacial score (nSPS) is 10.4. The molecule has 2 rings (SSSR count). The number of hydrogen-bond donors (Lipinski definition) is 1. The Balaban J connectivity index is 1.76. The van der Waals surface area contributed by atoms with Crippen LogP contribution in [-0.4, -0.2) is 17.5 Å². The first-order valence-electron chi connectivity index (χ1n) is 5.99. The highest BCUT2D eigenvalue weighted by Gasteiger charge is 2.00. The molecule has 0 aliphatic rings. The maximum absolute atomic E-state index is 8.96. The predicted octanol–water partition coefficient (Wildman–Crippen LogP) is 4.00. The third kappa shape index (κ3) is 4.46. The number of aliphatic hydroxyl groups excluding tert-OH is 1. The minimum Gasteiger partial charge on any atom is -0.491 e. The summed E-state index contributed by atoms with van der Waals surface area (Å²) in [6.45, 7) is 0.691. The number of hydrogen-bond acceptors (Lipinski definition) is 3. The molecule has 0 atom stereocenters. The smallest absolute Gasteiger partial charge is 0.137 e. The van der Waals surface area contributed by atoms with Gasteiger partial charge < -0.3 is 9.84 Å². The number of ether oxygens (including phenoxy) is 1. The van der Waals surface area contributed by atoms with Crippen LogP contribution in [0.15, 0.2) is 53.4 Å². The van der Waals surface area contributed by atoms with Crippen molar-refractivity contribution >= 4 is 23.4 Å². The number of rotatable bonds is 6. The summed E-state index contributed by atoms with van der Waals surface area (Å²) in [5.41, 5.74) is 0.927. The Bertz CT molecular complexity index is 514. The van der Waals surface area contributed by atoms with Crippen LogP contribution < -0.4 is 4.74 Å². The second kappa shape index (κ2) is 7.43. The van der Waals surface area contributed by atoms with Gasteiger partial charge >= 0.3 is 0 Å². The Kier molecular flexibility index (Phi) is 5.58. The zero-order valence-electron chi connectivity index (χ0n) is 10.4. The minimum atomic E-state index is 0.0839. The van der Waals surface area contributed by atoms with E-state index in [2.05, 4.69) is 0 Å². The maximum atomic E-state index is 8.96. The summed E-state index contributed by atoms with van der Waals surface area (Å²) in [6.07, 6.45) is 0. The van der Waals surface area contributed by atoms with E-state index in [1.54, 1.807) is 11.8 Å². The second-order valence-corrected chi connectivity index (χ2v) is 5.50. The van der Waals surface area contributed by atoms with E-state index in [1.165, 1.54) is 4.90 Å². The largest absolute Gasteiger partial charge is 0.491 e. The van der Waals surface area contributed by atoms with E-state index in [-0.39, 0.29) is 6.61 Å². The third-order valence-electron chi connectivity index (χ3n) is 2.55. The lowest BCUT2D eigenvalue weighted by Crippen LogP contribution is -2.00. The van der Waals surface area contributed by atoms with E-state index in [0.29, 0.717) is 11.6 Å². The molecule has 0 heterocycles. The lowest BCUT2D eigenvalue weighted by Gasteiger charge is -2.07. The SMILES string of the molecule is OCc1ccc(SCCOc2ccccc2Cl)cc1. The quantitative estimate of drug-likeness (QED) is 0.645. The van der Waals surface area contributed by atoms with Crippen molar-refractivity contribution in [1.82, 2.24) is 0 Å². The first-order valence-corrected chi connectivity index (χ1v) is 7.36. The molecule has 1 N–H and O–H groups in total. The van der Waals surface area contributed by atoms with Crippen LogP contribution >= 0.6 is 23.4 Å². The molecule has 0 saturated carbocycles. The van der Waals surface area contributed by atoms with Crippen molar-refractivity contribution in [1.29, 1.82) is 0 Å². The average Bonchev–Trinajstić information content (AvgIpc) is 2.46. The zero-order valence-corrected chi connectivity index (χ0v) is 12.0. The van der Waals surface area contributed by atoms with Gasteiger partial charge in [0.15, 0.2) is 0 Å². The van der Waals surface area contributed by atoms with Crippen molar-refractivity contribution in [3.8, 4) is 5.75 Å². The van der Waals surface area contributed by atoms with Crippen LogP contribution in [-0.2, 0) is 6.61 Å². The van der Waals surface area contributed by atoms with Crippen LogP contribution in [0.3, 0.4) is 0 Å². The van der Waals surface area contributed by atoms with Crippen LogP contribution in [0.25, 0.3) is 0 Å². The van der Waals surface area contributed by atoms with Crippen molar-refractivity contribution in [2.24, 2.45) is 0 Å². The molecule has 0 amide bonds. The maximum Gasteiger partial charge on any atom is 0.137 e. The molecule has 0 aliphatic carbocycles. The molecular weight excluding hydrogens is 280 g/mol. The van der Waals surface area contributed by atoms with E-state index < -0.39 is 0 Å². The summed E-state index contributed by atoms with van der Waals surface area (Å²) in [7, 11) is 0. The summed E-state index contributed by atoms with van der Waals surface area (Å²) in [5, 5.41) is 9.59. The van der Waals surface area contributed by atoms with Gasteiger partial charge in [0.05, 0.1) is 18.2 Å². The fraction of sp³-hybridized carbons (Fsp3) is 0.200. The van der Waals surface area contributed by atoms with E-state index in [9.17, 15) is 0 Å². The Morgan fingerprint density at radius 3 is 2.47 bits per heavy atom. The molecule has 0 bridgehead atoms. The number of halogens is 1. The molecule has 0 fully saturated rings. The van der Waals surface area contributed by atoms with E-state index in [0.717, 1.165) is 17.1 Å². The third-order valence-corrected chi connectivity index (χ3v) is 3.84. The number of para-hydroxylation sites is 1. The van der Waals surface area contributed by atoms with Gasteiger partial charge in [-0.1, -0.05) is 35.9 Å². The highest BCUT2D eigenvalue weighted by molar-refractivity contribution is 7.99. The number of aliphatic hydroxyl groups is 1. The number of benzene rings is 2. The van der Waals surface area contributed by atoms with Crippen LogP contribution in [0.5, 0.6) is 5.75 Å². The summed E-state index contributed by atoms with van der Waals surface area (Å²) >= 11 is 7.71. The van der Waals surface area contributed by atoms with E-state index in [1.807, 2.05) is 48.5 Å². The summed E-state index contributed by atoms with van der Waals surface area (Å²) in [4.78, 5) is 1.17. The summed E-state index contributed by atoms with van der Waals surface area (Å²) in [6, 6.07) is 15.3. The van der Waals surface area contributed by atoms with E-state index in [4.69, 9.17) is 21.4 Å². The molecule has 0 saturated heterocycles. The van der Waals surface area contributed by atoms with Crippen LogP contribution in [0.4, 0.5) is 0 Å². The van der Waals surface area contributed by atoms with Gasteiger partial charge in [-0.3, -0.25) is 0 Å². The fourth-order valence-electron chi connectivity index (χ4n) is 1.56. The molecule has 2 nitrogen and oxygen atoms in total. The fourth-order valence-corrected chi connectivity index (χ4v) is 2.49. The highest BCUT2D eigenvalue weighted by Crippen LogP contribution is 2.24. The van der Waals surface area contributed by atoms with Crippen molar-refractivity contribution in [3.63, 3.8) is 0 Å². The Morgan fingerprint density at radius 2 is 1.79 bits per heavy atom. The van der Waals surface area contributed by atoms with Gasteiger partial charge in [-0.15, -0.1) is 11.8 Å². The Hall–Kier alpha value is -1.16. The highest BCUT2D eigenvalue weighted by atomic mass is 35.5. The first kappa shape index (κ1) is 14.3. The second-order valence-electron chi connectivity index (χ2n) is 3.93. The molecular formula is C15H15ClO2S. The molecule has 4 heteroatoms. The molecule has 2 aromatic carbocycles. The van der Waals surface area contributed by atoms with Crippen LogP contribution in [0.2, 0.25) is 5.02 Å². The Labute approximate surface area is 122 Å². The zero-order chi connectivity index (χ0) is 13.5. The minimum absolute atomic E-state index is 0.0839. The molecule has 0 radical (unpaired) electrons. The lowest BCUT2D eigenvalue weighted by atomic mass is 10.2. The molecule has 19 heavy (non-hydrogen) atoms. The Morgan fingerprint density at radius 1 is 1.05 bits per heavy atom. The molecule has 0 aromatic heterocycles. The van der Waals surface area contributed by atoms with Gasteiger partial charge in [0.1, 0.15) is 5.75 Å². The van der Waals surface area contributed by atoms with Gasteiger partial charge in [0, 0.05) is 10.6 Å². The van der Waals surface area contributed by atoms with Gasteiger partial charge in [0.25, 0.3) is 0 Å². The summed E-state index contributed by atoms with van der Waals surface area (Å²) < 4.78 is 5.61. The van der Waals surface area contributed by atoms with Crippen molar-refractivity contribution < 1.29 is 9.84 Å². The molecule has 0 aliphatic heterocycles. The monoisotopic (exact) mass is 294 g/mol. The van der Waals surface area contributed by atoms with Gasteiger partial charge in [-0.05, 0) is 29.8 Å². The lowest BCUT2D eigenvalue weighted by molar-refractivity contribution is 0.282.